The van der Waals surface area contributed by atoms with Gasteiger partial charge in [-0.15, -0.1) is 18.3 Å². The van der Waals surface area contributed by atoms with E-state index < -0.39 is 29.9 Å². The van der Waals surface area contributed by atoms with E-state index in [9.17, 15) is 22.4 Å². The molecule has 0 saturated heterocycles. The van der Waals surface area contributed by atoms with Crippen LogP contribution in [0.1, 0.15) is 23.1 Å². The summed E-state index contributed by atoms with van der Waals surface area (Å²) < 4.78 is 60.8. The highest BCUT2D eigenvalue weighted by molar-refractivity contribution is 5.81. The molecule has 0 fully saturated rings. The number of benzene rings is 1. The molecule has 3 rings (SSSR count). The number of methoxy groups -OCH3 is 1. The summed E-state index contributed by atoms with van der Waals surface area (Å²) in [5, 5.41) is 7.02. The average Bonchev–Trinajstić information content (AvgIpc) is 2.99. The number of esters is 1. The molecule has 12 heteroatoms. The zero-order chi connectivity index (χ0) is 21.3. The lowest BCUT2D eigenvalue weighted by Gasteiger charge is -2.19. The molecule has 0 aliphatic rings. The van der Waals surface area contributed by atoms with Crippen molar-refractivity contribution in [2.45, 2.75) is 26.3 Å². The fraction of sp³-hybridized carbons (Fsp3) is 0.294. The highest BCUT2D eigenvalue weighted by Crippen LogP contribution is 2.29. The van der Waals surface area contributed by atoms with E-state index in [-0.39, 0.29) is 11.3 Å². The first-order valence-corrected chi connectivity index (χ1v) is 8.18. The lowest BCUT2D eigenvalue weighted by atomic mass is 10.1. The van der Waals surface area contributed by atoms with Gasteiger partial charge < -0.3 is 14.8 Å². The molecular formula is C17H15F4N5O3. The van der Waals surface area contributed by atoms with Crippen molar-refractivity contribution in [3.05, 3.63) is 47.2 Å². The first kappa shape index (κ1) is 20.3. The van der Waals surface area contributed by atoms with Crippen LogP contribution in [0.2, 0.25) is 0 Å². The Morgan fingerprint density at radius 1 is 1.21 bits per heavy atom. The van der Waals surface area contributed by atoms with Crippen LogP contribution < -0.4 is 10.1 Å². The van der Waals surface area contributed by atoms with E-state index in [1.165, 1.54) is 4.52 Å². The molecule has 154 valence electrons. The third-order valence-corrected chi connectivity index (χ3v) is 3.79. The Kier molecular flexibility index (Phi) is 5.27. The Morgan fingerprint density at radius 2 is 1.93 bits per heavy atom. The van der Waals surface area contributed by atoms with Gasteiger partial charge in [-0.25, -0.2) is 14.2 Å². The van der Waals surface area contributed by atoms with Gasteiger partial charge in [0.15, 0.2) is 17.6 Å². The fourth-order valence-corrected chi connectivity index (χ4v) is 2.64. The van der Waals surface area contributed by atoms with Crippen molar-refractivity contribution in [3.8, 4) is 5.75 Å². The van der Waals surface area contributed by atoms with Crippen LogP contribution in [-0.4, -0.2) is 39.0 Å². The molecule has 1 atom stereocenters. The van der Waals surface area contributed by atoms with Crippen LogP contribution in [-0.2, 0) is 9.53 Å². The van der Waals surface area contributed by atoms with Gasteiger partial charge in [0.05, 0.1) is 7.11 Å². The van der Waals surface area contributed by atoms with Crippen LogP contribution in [0.3, 0.4) is 0 Å². The minimum absolute atomic E-state index is 0.0170. The van der Waals surface area contributed by atoms with Crippen LogP contribution >= 0.6 is 0 Å². The third kappa shape index (κ3) is 4.52. The molecule has 0 saturated carbocycles. The first-order chi connectivity index (χ1) is 13.6. The number of aryl methyl sites for hydroxylation is 2. The highest BCUT2D eigenvalue weighted by atomic mass is 19.4. The SMILES string of the molecule is COC(=O)C(Nc1cc(C)nc2nc(C)nn12)c1ccc(OC(F)(F)F)c(F)c1. The van der Waals surface area contributed by atoms with Gasteiger partial charge >= 0.3 is 12.3 Å². The number of nitrogens with zero attached hydrogens (tertiary/aromatic N) is 4. The summed E-state index contributed by atoms with van der Waals surface area (Å²) in [6, 6.07) is 2.99. The Morgan fingerprint density at radius 3 is 2.55 bits per heavy atom. The van der Waals surface area contributed by atoms with Crippen molar-refractivity contribution in [2.75, 3.05) is 12.4 Å². The summed E-state index contributed by atoms with van der Waals surface area (Å²) in [6.45, 7) is 3.35. The van der Waals surface area contributed by atoms with Gasteiger partial charge in [-0.2, -0.15) is 9.50 Å². The van der Waals surface area contributed by atoms with Gasteiger partial charge in [0.2, 0.25) is 0 Å². The molecule has 0 spiro atoms. The quantitative estimate of drug-likeness (QED) is 0.508. The molecule has 1 aromatic carbocycles. The van der Waals surface area contributed by atoms with Gasteiger partial charge in [-0.3, -0.25) is 0 Å². The van der Waals surface area contributed by atoms with Crippen molar-refractivity contribution in [1.29, 1.82) is 0 Å². The molecule has 0 amide bonds. The number of carbonyl (C=O) groups excluding carboxylic acids is 1. The van der Waals surface area contributed by atoms with Gasteiger partial charge in [-0.1, -0.05) is 6.07 Å². The molecule has 8 nitrogen and oxygen atoms in total. The van der Waals surface area contributed by atoms with Crippen LogP contribution in [0.25, 0.3) is 5.78 Å². The van der Waals surface area contributed by atoms with Gasteiger partial charge in [0.25, 0.3) is 5.78 Å². The van der Waals surface area contributed by atoms with E-state index in [1.807, 2.05) is 0 Å². The van der Waals surface area contributed by atoms with E-state index in [0.29, 0.717) is 17.3 Å². The van der Waals surface area contributed by atoms with Crippen LogP contribution in [0.4, 0.5) is 23.4 Å². The number of halogens is 4. The minimum atomic E-state index is -5.05. The predicted molar refractivity (Wildman–Crippen MR) is 91.7 cm³/mol. The van der Waals surface area contributed by atoms with Gasteiger partial charge in [-0.05, 0) is 31.5 Å². The maximum Gasteiger partial charge on any atom is 0.573 e. The molecule has 0 aliphatic carbocycles. The second kappa shape index (κ2) is 7.53. The molecule has 3 aromatic rings. The monoisotopic (exact) mass is 413 g/mol. The molecular weight excluding hydrogens is 398 g/mol. The van der Waals surface area contributed by atoms with E-state index >= 15 is 0 Å². The van der Waals surface area contributed by atoms with Crippen molar-refractivity contribution in [3.63, 3.8) is 0 Å². The maximum absolute atomic E-state index is 14.1. The molecule has 29 heavy (non-hydrogen) atoms. The Hall–Kier alpha value is -3.44. The average molecular weight is 413 g/mol. The number of rotatable bonds is 5. The summed E-state index contributed by atoms with van der Waals surface area (Å²) in [4.78, 5) is 20.6. The zero-order valence-corrected chi connectivity index (χ0v) is 15.4. The highest BCUT2D eigenvalue weighted by Gasteiger charge is 2.33. The maximum atomic E-state index is 14.1. The molecule has 0 aliphatic heterocycles. The number of hydrogen-bond acceptors (Lipinski definition) is 7. The fourth-order valence-electron chi connectivity index (χ4n) is 2.64. The predicted octanol–water partition coefficient (Wildman–Crippen LogP) is 3.11. The van der Waals surface area contributed by atoms with Crippen molar-refractivity contribution in [2.24, 2.45) is 0 Å². The smallest absolute Gasteiger partial charge is 0.467 e. The first-order valence-electron chi connectivity index (χ1n) is 8.18. The van der Waals surface area contributed by atoms with Gasteiger partial charge in [0.1, 0.15) is 11.6 Å². The molecule has 2 aromatic heterocycles. The second-order valence-corrected chi connectivity index (χ2v) is 5.99. The van der Waals surface area contributed by atoms with E-state index in [2.05, 4.69) is 25.1 Å². The minimum Gasteiger partial charge on any atom is -0.467 e. The number of ether oxygens (including phenoxy) is 2. The summed E-state index contributed by atoms with van der Waals surface area (Å²) in [5.41, 5.74) is 0.583. The Labute approximate surface area is 161 Å². The van der Waals surface area contributed by atoms with Crippen molar-refractivity contribution >= 4 is 17.6 Å². The van der Waals surface area contributed by atoms with E-state index in [0.717, 1.165) is 25.3 Å². The molecule has 2 heterocycles. The van der Waals surface area contributed by atoms with Crippen LogP contribution in [0, 0.1) is 19.7 Å². The Balaban J connectivity index is 2.00. The lowest BCUT2D eigenvalue weighted by molar-refractivity contribution is -0.275. The molecule has 1 unspecified atom stereocenters. The molecule has 0 radical (unpaired) electrons. The summed E-state index contributed by atoms with van der Waals surface area (Å²) in [7, 11) is 1.13. The van der Waals surface area contributed by atoms with Crippen molar-refractivity contribution < 1.29 is 31.8 Å². The number of hydrogen-bond donors (Lipinski definition) is 1. The number of carbonyl (C=O) groups is 1. The number of nitrogens with one attached hydrogen (secondary N) is 1. The van der Waals surface area contributed by atoms with Gasteiger partial charge in [0, 0.05) is 11.8 Å². The lowest BCUT2D eigenvalue weighted by Crippen LogP contribution is -2.24. The normalized spacial score (nSPS) is 12.7. The number of aromatic nitrogens is 4. The molecule has 0 bridgehead atoms. The Bertz CT molecular complexity index is 1070. The number of anilines is 1. The van der Waals surface area contributed by atoms with Crippen molar-refractivity contribution in [1.82, 2.24) is 19.6 Å². The van der Waals surface area contributed by atoms with Crippen LogP contribution in [0.15, 0.2) is 24.3 Å². The summed E-state index contributed by atoms with van der Waals surface area (Å²) in [5.74, 6) is -2.09. The summed E-state index contributed by atoms with van der Waals surface area (Å²) >= 11 is 0. The topological polar surface area (TPSA) is 90.6 Å². The van der Waals surface area contributed by atoms with E-state index in [4.69, 9.17) is 4.74 Å². The molecule has 1 N–H and O–H groups in total. The standard InChI is InChI=1S/C17H15F4N5O3/c1-8-6-13(26-16(22-8)23-9(2)25-26)24-14(15(27)28-3)10-4-5-12(11(18)7-10)29-17(19,20)21/h4-7,14,24H,1-3H3. The second-order valence-electron chi connectivity index (χ2n) is 5.99. The van der Waals surface area contributed by atoms with E-state index in [1.54, 1.807) is 19.9 Å². The largest absolute Gasteiger partial charge is 0.573 e. The number of alkyl halides is 3. The zero-order valence-electron chi connectivity index (χ0n) is 15.4. The van der Waals surface area contributed by atoms with Crippen LogP contribution in [0.5, 0.6) is 5.75 Å². The number of fused-ring (bicyclic) bond motifs is 1. The summed E-state index contributed by atoms with van der Waals surface area (Å²) in [6.07, 6.45) is -5.05. The third-order valence-electron chi connectivity index (χ3n) is 3.79.